The van der Waals surface area contributed by atoms with Crippen LogP contribution in [0.25, 0.3) is 0 Å². The molecule has 2 aromatic rings. The zero-order valence-corrected chi connectivity index (χ0v) is 12.1. The Balaban J connectivity index is 2.18. The van der Waals surface area contributed by atoms with Gasteiger partial charge in [-0.05, 0) is 34.1 Å². The highest BCUT2D eigenvalue weighted by molar-refractivity contribution is 9.10. The molecule has 0 aliphatic heterocycles. The minimum atomic E-state index is 0.0891. The molecule has 2 nitrogen and oxygen atoms in total. The van der Waals surface area contributed by atoms with Crippen molar-refractivity contribution in [1.29, 1.82) is 0 Å². The Hall–Kier alpha value is -0.550. The van der Waals surface area contributed by atoms with Gasteiger partial charge in [0.05, 0.1) is 11.1 Å². The second-order valence-corrected chi connectivity index (χ2v) is 5.81. The fourth-order valence-corrected chi connectivity index (χ4v) is 3.07. The molecule has 3 N–H and O–H groups in total. The number of para-hydroxylation sites is 1. The number of benzene rings is 1. The summed E-state index contributed by atoms with van der Waals surface area (Å²) in [5.41, 5.74) is 6.83. The maximum Gasteiger partial charge on any atom is 0.0729 e. The Labute approximate surface area is 118 Å². The molecule has 17 heavy (non-hydrogen) atoms. The zero-order chi connectivity index (χ0) is 12.3. The topological polar surface area (TPSA) is 38.0 Å². The van der Waals surface area contributed by atoms with Crippen molar-refractivity contribution in [2.45, 2.75) is 6.04 Å². The minimum Gasteiger partial charge on any atom is -0.375 e. The van der Waals surface area contributed by atoms with Gasteiger partial charge >= 0.3 is 0 Å². The van der Waals surface area contributed by atoms with E-state index >= 15 is 0 Å². The molecule has 0 bridgehead atoms. The molecule has 0 fully saturated rings. The first kappa shape index (κ1) is 12.9. The molecule has 0 aliphatic carbocycles. The molecule has 1 aromatic carbocycles. The monoisotopic (exact) mass is 330 g/mol. The van der Waals surface area contributed by atoms with Crippen LogP contribution < -0.4 is 11.1 Å². The van der Waals surface area contributed by atoms with Gasteiger partial charge in [0.25, 0.3) is 0 Å². The molecule has 0 amide bonds. The van der Waals surface area contributed by atoms with E-state index in [1.165, 1.54) is 0 Å². The maximum absolute atomic E-state index is 5.93. The number of hydrogen-bond acceptors (Lipinski definition) is 3. The van der Waals surface area contributed by atoms with Crippen molar-refractivity contribution in [3.63, 3.8) is 0 Å². The Morgan fingerprint density at radius 2 is 2.18 bits per heavy atom. The fourth-order valence-electron chi connectivity index (χ4n) is 1.52. The maximum atomic E-state index is 5.93. The largest absolute Gasteiger partial charge is 0.375 e. The van der Waals surface area contributed by atoms with Gasteiger partial charge in [-0.25, -0.2) is 0 Å². The van der Waals surface area contributed by atoms with Gasteiger partial charge in [-0.2, -0.15) is 0 Å². The number of nitrogens with one attached hydrogen (secondary N) is 1. The minimum absolute atomic E-state index is 0.0891. The molecule has 0 spiro atoms. The normalized spacial score (nSPS) is 12.4. The molecule has 2 rings (SSSR count). The summed E-state index contributed by atoms with van der Waals surface area (Å²) in [5, 5.41) is 6.09. The highest BCUT2D eigenvalue weighted by Gasteiger charge is 2.12. The number of anilines is 1. The molecule has 0 aliphatic rings. The molecule has 1 heterocycles. The number of nitrogens with two attached hydrogens (primary N) is 1. The second-order valence-electron chi connectivity index (χ2n) is 3.58. The predicted octanol–water partition coefficient (Wildman–Crippen LogP) is 4.28. The molecule has 1 aromatic heterocycles. The number of rotatable bonds is 4. The molecule has 1 atom stereocenters. The molecule has 1 unspecified atom stereocenters. The Kier molecular flexibility index (Phi) is 4.45. The quantitative estimate of drug-likeness (QED) is 0.877. The van der Waals surface area contributed by atoms with Crippen LogP contribution in [0.5, 0.6) is 0 Å². The summed E-state index contributed by atoms with van der Waals surface area (Å²) in [6.07, 6.45) is 0. The van der Waals surface area contributed by atoms with Gasteiger partial charge in [0.15, 0.2) is 0 Å². The summed E-state index contributed by atoms with van der Waals surface area (Å²) in [6.45, 7) is 0.526. The third kappa shape index (κ3) is 3.22. The average molecular weight is 332 g/mol. The first-order valence-electron chi connectivity index (χ1n) is 5.16. The van der Waals surface area contributed by atoms with Gasteiger partial charge in [-0.1, -0.05) is 23.7 Å². The van der Waals surface area contributed by atoms with E-state index in [-0.39, 0.29) is 6.04 Å². The molecular formula is C12H12BrClN2S. The van der Waals surface area contributed by atoms with Crippen molar-refractivity contribution >= 4 is 44.6 Å². The van der Waals surface area contributed by atoms with Gasteiger partial charge < -0.3 is 11.1 Å². The Morgan fingerprint density at radius 3 is 2.76 bits per heavy atom. The van der Waals surface area contributed by atoms with Gasteiger partial charge in [-0.3, -0.25) is 0 Å². The van der Waals surface area contributed by atoms with Crippen LogP contribution in [-0.4, -0.2) is 6.54 Å². The van der Waals surface area contributed by atoms with Crippen LogP contribution in [0.15, 0.2) is 40.2 Å². The predicted molar refractivity (Wildman–Crippen MR) is 78.9 cm³/mol. The van der Waals surface area contributed by atoms with Crippen LogP contribution in [0.1, 0.15) is 10.9 Å². The number of hydrogen-bond donors (Lipinski definition) is 2. The lowest BCUT2D eigenvalue weighted by Gasteiger charge is -2.17. The molecule has 0 saturated carbocycles. The van der Waals surface area contributed by atoms with Crippen LogP contribution in [0.2, 0.25) is 5.02 Å². The van der Waals surface area contributed by atoms with Crippen molar-refractivity contribution in [3.05, 3.63) is 50.1 Å². The number of thiophene rings is 1. The van der Waals surface area contributed by atoms with E-state index in [1.807, 2.05) is 35.7 Å². The van der Waals surface area contributed by atoms with E-state index in [0.717, 1.165) is 20.1 Å². The van der Waals surface area contributed by atoms with Crippen LogP contribution in [-0.2, 0) is 0 Å². The van der Waals surface area contributed by atoms with Gasteiger partial charge in [0, 0.05) is 27.0 Å². The highest BCUT2D eigenvalue weighted by atomic mass is 79.9. The van der Waals surface area contributed by atoms with E-state index in [4.69, 9.17) is 17.3 Å². The molecule has 90 valence electrons. The second kappa shape index (κ2) is 5.87. The van der Waals surface area contributed by atoms with E-state index in [9.17, 15) is 0 Å². The Bertz CT molecular complexity index is 501. The first-order chi connectivity index (χ1) is 8.20. The van der Waals surface area contributed by atoms with Crippen LogP contribution in [0.4, 0.5) is 5.69 Å². The summed E-state index contributed by atoms with van der Waals surface area (Å²) in [6, 6.07) is 10.0. The van der Waals surface area contributed by atoms with E-state index < -0.39 is 0 Å². The molecule has 0 radical (unpaired) electrons. The lowest BCUT2D eigenvalue weighted by Crippen LogP contribution is -2.19. The summed E-state index contributed by atoms with van der Waals surface area (Å²) in [4.78, 5) is 1.15. The lowest BCUT2D eigenvalue weighted by atomic mass is 10.2. The summed E-state index contributed by atoms with van der Waals surface area (Å²) in [5.74, 6) is 0. The van der Waals surface area contributed by atoms with Crippen LogP contribution >= 0.6 is 38.9 Å². The summed E-state index contributed by atoms with van der Waals surface area (Å²) >= 11 is 11.1. The SMILES string of the molecule is NCC(Nc1ccccc1Br)c1cc(Cl)cs1. The van der Waals surface area contributed by atoms with Crippen LogP contribution in [0.3, 0.4) is 0 Å². The summed E-state index contributed by atoms with van der Waals surface area (Å²) < 4.78 is 1.03. The average Bonchev–Trinajstić information content (AvgIpc) is 2.75. The highest BCUT2D eigenvalue weighted by Crippen LogP contribution is 2.30. The molecule has 5 heteroatoms. The first-order valence-corrected chi connectivity index (χ1v) is 7.21. The van der Waals surface area contributed by atoms with E-state index in [0.29, 0.717) is 6.54 Å². The summed E-state index contributed by atoms with van der Waals surface area (Å²) in [7, 11) is 0. The number of halogens is 2. The van der Waals surface area contributed by atoms with Gasteiger partial charge in [0.2, 0.25) is 0 Å². The third-order valence-corrected chi connectivity index (χ3v) is 4.46. The smallest absolute Gasteiger partial charge is 0.0729 e. The van der Waals surface area contributed by atoms with Crippen LogP contribution in [0, 0.1) is 0 Å². The standard InChI is InChI=1S/C12H12BrClN2S/c13-9-3-1-2-4-10(9)16-11(6-15)12-5-8(14)7-17-12/h1-5,7,11,16H,6,15H2. The van der Waals surface area contributed by atoms with E-state index in [2.05, 4.69) is 21.2 Å². The molecular weight excluding hydrogens is 320 g/mol. The van der Waals surface area contributed by atoms with Crippen molar-refractivity contribution in [3.8, 4) is 0 Å². The van der Waals surface area contributed by atoms with E-state index in [1.54, 1.807) is 11.3 Å². The Morgan fingerprint density at radius 1 is 1.41 bits per heavy atom. The van der Waals surface area contributed by atoms with Crippen molar-refractivity contribution in [2.75, 3.05) is 11.9 Å². The van der Waals surface area contributed by atoms with Crippen molar-refractivity contribution in [1.82, 2.24) is 0 Å². The van der Waals surface area contributed by atoms with Gasteiger partial charge in [-0.15, -0.1) is 11.3 Å². The van der Waals surface area contributed by atoms with Crippen molar-refractivity contribution < 1.29 is 0 Å². The molecule has 0 saturated heterocycles. The third-order valence-electron chi connectivity index (χ3n) is 2.37. The van der Waals surface area contributed by atoms with Gasteiger partial charge in [0.1, 0.15) is 0 Å². The lowest BCUT2D eigenvalue weighted by molar-refractivity contribution is 0.805. The van der Waals surface area contributed by atoms with Crippen molar-refractivity contribution in [2.24, 2.45) is 5.73 Å². The zero-order valence-electron chi connectivity index (χ0n) is 8.99. The fraction of sp³-hybridized carbons (Fsp3) is 0.167.